The van der Waals surface area contributed by atoms with Crippen LogP contribution in [0.25, 0.3) is 22.6 Å². The summed E-state index contributed by atoms with van der Waals surface area (Å²) >= 11 is 5.33. The molecule has 2 heterocycles. The van der Waals surface area contributed by atoms with E-state index in [0.717, 1.165) is 53.7 Å². The van der Waals surface area contributed by atoms with Crippen molar-refractivity contribution in [2.45, 2.75) is 26.7 Å². The quantitative estimate of drug-likeness (QED) is 0.196. The smallest absolute Gasteiger partial charge is 0.293 e. The van der Waals surface area contributed by atoms with Gasteiger partial charge in [-0.05, 0) is 86.4 Å². The van der Waals surface area contributed by atoms with E-state index in [4.69, 9.17) is 16.6 Å². The number of oxazole rings is 1. The zero-order valence-electron chi connectivity index (χ0n) is 20.4. The van der Waals surface area contributed by atoms with E-state index in [1.54, 1.807) is 18.2 Å². The molecule has 0 spiro atoms. The van der Waals surface area contributed by atoms with Gasteiger partial charge in [0.2, 0.25) is 5.89 Å². The van der Waals surface area contributed by atoms with Gasteiger partial charge in [-0.25, -0.2) is 4.98 Å². The van der Waals surface area contributed by atoms with E-state index in [-0.39, 0.29) is 16.4 Å². The SMILES string of the molecule is Cc1cc(C)c2oc(-c3cccc(NC(=S)NC(=O)c4ccc(N5CCCC5)c([N+](=O)[O-])c4)c3)nc2c1. The van der Waals surface area contributed by atoms with Gasteiger partial charge in [-0.15, -0.1) is 0 Å². The van der Waals surface area contributed by atoms with Crippen LogP contribution in [-0.2, 0) is 0 Å². The lowest BCUT2D eigenvalue weighted by atomic mass is 10.1. The highest BCUT2D eigenvalue weighted by molar-refractivity contribution is 7.80. The van der Waals surface area contributed by atoms with Gasteiger partial charge < -0.3 is 14.6 Å². The Balaban J connectivity index is 1.30. The second-order valence-electron chi connectivity index (χ2n) is 9.09. The molecule has 1 aromatic heterocycles. The van der Waals surface area contributed by atoms with Gasteiger partial charge >= 0.3 is 0 Å². The lowest BCUT2D eigenvalue weighted by Gasteiger charge is -2.18. The highest BCUT2D eigenvalue weighted by atomic mass is 32.1. The number of thiocarbonyl (C=S) groups is 1. The first kappa shape index (κ1) is 24.4. The lowest BCUT2D eigenvalue weighted by molar-refractivity contribution is -0.384. The molecule has 1 aliphatic rings. The van der Waals surface area contributed by atoms with Crippen molar-refractivity contribution in [3.63, 3.8) is 0 Å². The lowest BCUT2D eigenvalue weighted by Crippen LogP contribution is -2.34. The van der Waals surface area contributed by atoms with Crippen LogP contribution >= 0.6 is 12.2 Å². The number of nitro groups is 1. The van der Waals surface area contributed by atoms with E-state index < -0.39 is 10.8 Å². The molecule has 1 amide bonds. The standard InChI is InChI=1S/C27H25N5O4S/c1-16-12-17(2)24-21(13-16)29-26(36-24)19-6-5-7-20(14-19)28-27(37)30-25(33)18-8-9-22(23(15-18)32(34)35)31-10-3-4-11-31/h5-9,12-15H,3-4,10-11H2,1-2H3,(H2,28,30,33,37). The molecule has 9 nitrogen and oxygen atoms in total. The minimum Gasteiger partial charge on any atom is -0.436 e. The Morgan fingerprint density at radius 2 is 1.89 bits per heavy atom. The van der Waals surface area contributed by atoms with E-state index in [1.807, 2.05) is 49.1 Å². The highest BCUT2D eigenvalue weighted by Crippen LogP contribution is 2.32. The molecule has 188 valence electrons. The number of nitrogens with one attached hydrogen (secondary N) is 2. The topological polar surface area (TPSA) is 114 Å². The number of nitrogens with zero attached hydrogens (tertiary/aromatic N) is 3. The Bertz CT molecular complexity index is 1540. The number of hydrogen-bond donors (Lipinski definition) is 2. The highest BCUT2D eigenvalue weighted by Gasteiger charge is 2.24. The number of amides is 1. The summed E-state index contributed by atoms with van der Waals surface area (Å²) in [6.45, 7) is 5.53. The van der Waals surface area contributed by atoms with Crippen molar-refractivity contribution in [2.24, 2.45) is 0 Å². The fourth-order valence-corrected chi connectivity index (χ4v) is 4.81. The van der Waals surface area contributed by atoms with Crippen molar-refractivity contribution < 1.29 is 14.1 Å². The van der Waals surface area contributed by atoms with Crippen molar-refractivity contribution in [1.29, 1.82) is 0 Å². The molecular weight excluding hydrogens is 490 g/mol. The van der Waals surface area contributed by atoms with Gasteiger partial charge in [0.1, 0.15) is 11.2 Å². The Hall–Kier alpha value is -4.31. The summed E-state index contributed by atoms with van der Waals surface area (Å²) in [7, 11) is 0. The third-order valence-corrected chi connectivity index (χ3v) is 6.50. The number of benzene rings is 3. The van der Waals surface area contributed by atoms with Crippen molar-refractivity contribution in [2.75, 3.05) is 23.3 Å². The second kappa shape index (κ2) is 9.98. The first-order valence-corrected chi connectivity index (χ1v) is 12.3. The molecule has 0 unspecified atom stereocenters. The number of aryl methyl sites for hydroxylation is 2. The minimum atomic E-state index is -0.533. The van der Waals surface area contributed by atoms with Crippen LogP contribution in [0, 0.1) is 24.0 Å². The average molecular weight is 516 g/mol. The van der Waals surface area contributed by atoms with Crippen LogP contribution in [0.3, 0.4) is 0 Å². The van der Waals surface area contributed by atoms with Gasteiger partial charge in [0.05, 0.1) is 4.92 Å². The van der Waals surface area contributed by atoms with Crippen LogP contribution in [0.15, 0.2) is 59.0 Å². The predicted molar refractivity (Wildman–Crippen MR) is 147 cm³/mol. The maximum absolute atomic E-state index is 12.8. The van der Waals surface area contributed by atoms with Gasteiger partial charge in [-0.2, -0.15) is 0 Å². The summed E-state index contributed by atoms with van der Waals surface area (Å²) < 4.78 is 6.00. The molecule has 4 aromatic rings. The Labute approximate surface area is 218 Å². The summed E-state index contributed by atoms with van der Waals surface area (Å²) in [5.74, 6) is -0.0535. The molecule has 3 aromatic carbocycles. The summed E-state index contributed by atoms with van der Waals surface area (Å²) in [5.41, 5.74) is 5.63. The van der Waals surface area contributed by atoms with Crippen molar-refractivity contribution in [3.05, 3.63) is 81.4 Å². The predicted octanol–water partition coefficient (Wildman–Crippen LogP) is 5.75. The van der Waals surface area contributed by atoms with E-state index in [2.05, 4.69) is 15.6 Å². The van der Waals surface area contributed by atoms with Gasteiger partial charge in [0.25, 0.3) is 11.6 Å². The van der Waals surface area contributed by atoms with Crippen LogP contribution in [0.5, 0.6) is 0 Å². The van der Waals surface area contributed by atoms with Crippen molar-refractivity contribution >= 4 is 51.4 Å². The van der Waals surface area contributed by atoms with Crippen LogP contribution in [0.1, 0.15) is 34.3 Å². The molecule has 2 N–H and O–H groups in total. The summed E-state index contributed by atoms with van der Waals surface area (Å²) in [4.78, 5) is 30.6. The fraction of sp³-hybridized carbons (Fsp3) is 0.222. The molecule has 0 radical (unpaired) electrons. The fourth-order valence-electron chi connectivity index (χ4n) is 4.60. The third kappa shape index (κ3) is 5.14. The molecule has 1 aliphatic heterocycles. The molecule has 10 heteroatoms. The Morgan fingerprint density at radius 3 is 2.65 bits per heavy atom. The molecule has 0 bridgehead atoms. The van der Waals surface area contributed by atoms with Crippen LogP contribution in [0.2, 0.25) is 0 Å². The number of nitro benzene ring substituents is 1. The molecular formula is C27H25N5O4S. The number of carbonyl (C=O) groups is 1. The van der Waals surface area contributed by atoms with E-state index >= 15 is 0 Å². The van der Waals surface area contributed by atoms with Crippen LogP contribution in [0.4, 0.5) is 17.1 Å². The molecule has 1 fully saturated rings. The van der Waals surface area contributed by atoms with Gasteiger partial charge in [-0.3, -0.25) is 20.2 Å². The molecule has 5 rings (SSSR count). The molecule has 0 aliphatic carbocycles. The van der Waals surface area contributed by atoms with Crippen molar-refractivity contribution in [1.82, 2.24) is 10.3 Å². The first-order chi connectivity index (χ1) is 17.8. The van der Waals surface area contributed by atoms with Gasteiger partial charge in [0, 0.05) is 36.0 Å². The minimum absolute atomic E-state index is 0.0671. The largest absolute Gasteiger partial charge is 0.436 e. The maximum atomic E-state index is 12.8. The number of carbonyl (C=O) groups excluding carboxylic acids is 1. The number of rotatable bonds is 5. The van der Waals surface area contributed by atoms with Gasteiger partial charge in [-0.1, -0.05) is 12.1 Å². The summed E-state index contributed by atoms with van der Waals surface area (Å²) in [5, 5.41) is 17.3. The summed E-state index contributed by atoms with van der Waals surface area (Å²) in [6.07, 6.45) is 1.98. The number of aromatic nitrogens is 1. The number of fused-ring (bicyclic) bond motifs is 1. The molecule has 0 saturated carbocycles. The monoisotopic (exact) mass is 515 g/mol. The van der Waals surface area contributed by atoms with E-state index in [9.17, 15) is 14.9 Å². The first-order valence-electron chi connectivity index (χ1n) is 11.9. The molecule has 0 atom stereocenters. The van der Waals surface area contributed by atoms with E-state index in [1.165, 1.54) is 6.07 Å². The van der Waals surface area contributed by atoms with Crippen molar-refractivity contribution in [3.8, 4) is 11.5 Å². The Kier molecular flexibility index (Phi) is 6.58. The Morgan fingerprint density at radius 1 is 1.11 bits per heavy atom. The number of anilines is 2. The van der Waals surface area contributed by atoms with Crippen LogP contribution < -0.4 is 15.5 Å². The van der Waals surface area contributed by atoms with Gasteiger partial charge in [0.15, 0.2) is 10.7 Å². The summed E-state index contributed by atoms with van der Waals surface area (Å²) in [6, 6.07) is 15.9. The zero-order valence-corrected chi connectivity index (χ0v) is 21.2. The average Bonchev–Trinajstić information content (AvgIpc) is 3.54. The van der Waals surface area contributed by atoms with E-state index in [0.29, 0.717) is 17.3 Å². The van der Waals surface area contributed by atoms with Crippen LogP contribution in [-0.4, -0.2) is 34.0 Å². The maximum Gasteiger partial charge on any atom is 0.293 e. The zero-order chi connectivity index (χ0) is 26.1. The number of hydrogen-bond acceptors (Lipinski definition) is 7. The second-order valence-corrected chi connectivity index (χ2v) is 9.50. The normalized spacial score (nSPS) is 13.1. The third-order valence-electron chi connectivity index (χ3n) is 6.30. The molecule has 37 heavy (non-hydrogen) atoms. The molecule has 1 saturated heterocycles.